The molecule has 2 fully saturated rings. The molecule has 0 radical (unpaired) electrons. The van der Waals surface area contributed by atoms with E-state index < -0.39 is 0 Å². The molecule has 1 saturated heterocycles. The molecule has 7 heteroatoms. The van der Waals surface area contributed by atoms with Crippen LogP contribution >= 0.6 is 0 Å². The van der Waals surface area contributed by atoms with Crippen LogP contribution in [-0.4, -0.2) is 61.0 Å². The van der Waals surface area contributed by atoms with Crippen LogP contribution in [0.1, 0.15) is 43.7 Å². The minimum atomic E-state index is -0.374. The van der Waals surface area contributed by atoms with Gasteiger partial charge in [-0.15, -0.1) is 0 Å². The molecule has 1 N–H and O–H groups in total. The molecule has 0 amide bonds. The lowest BCUT2D eigenvalue weighted by atomic mass is 9.83. The fraction of sp³-hybridized carbons (Fsp3) is 0.480. The van der Waals surface area contributed by atoms with Crippen molar-refractivity contribution in [2.75, 3.05) is 33.3 Å². The highest BCUT2D eigenvalue weighted by molar-refractivity contribution is 6.11. The maximum atomic E-state index is 12.5. The minimum Gasteiger partial charge on any atom is -0.492 e. The molecule has 1 aliphatic carbocycles. The third kappa shape index (κ3) is 4.14. The Balaban J connectivity index is 1.34. The summed E-state index contributed by atoms with van der Waals surface area (Å²) in [5, 5.41) is 10.5. The molecule has 1 aliphatic heterocycles. The first-order chi connectivity index (χ1) is 15.6. The van der Waals surface area contributed by atoms with Crippen molar-refractivity contribution >= 4 is 33.3 Å². The normalized spacial score (nSPS) is 20.5. The third-order valence-electron chi connectivity index (χ3n) is 6.90. The number of ether oxygens (including phenoxy) is 1. The number of piperidine rings is 1. The number of nitrogens with one attached hydrogen (secondary N) is 1. The third-order valence-corrected chi connectivity index (χ3v) is 6.90. The van der Waals surface area contributed by atoms with Crippen LogP contribution in [0.4, 0.5) is 0 Å². The summed E-state index contributed by atoms with van der Waals surface area (Å²) < 4.78 is 11.6. The van der Waals surface area contributed by atoms with Gasteiger partial charge in [-0.2, -0.15) is 0 Å². The van der Waals surface area contributed by atoms with Crippen LogP contribution in [0.25, 0.3) is 21.7 Å². The zero-order valence-electron chi connectivity index (χ0n) is 18.4. The van der Waals surface area contributed by atoms with Crippen LogP contribution in [0.3, 0.4) is 0 Å². The van der Waals surface area contributed by atoms with Crippen LogP contribution in [0.2, 0.25) is 0 Å². The molecule has 2 aliphatic rings. The number of Topliss-reactive ketones (excluding diaryl/α,β-unsaturated/α-hetero) is 2. The van der Waals surface area contributed by atoms with Crippen molar-refractivity contribution in [2.24, 2.45) is 0 Å². The topological polar surface area (TPSA) is 84.7 Å². The first kappa shape index (κ1) is 21.1. The van der Waals surface area contributed by atoms with Gasteiger partial charge in [-0.1, -0.05) is 11.2 Å². The largest absolute Gasteiger partial charge is 0.492 e. The highest BCUT2D eigenvalue weighted by Gasteiger charge is 2.32. The Morgan fingerprint density at radius 3 is 2.81 bits per heavy atom. The molecule has 2 aromatic carbocycles. The molecular weight excluding hydrogens is 406 g/mol. The van der Waals surface area contributed by atoms with Gasteiger partial charge >= 0.3 is 0 Å². The van der Waals surface area contributed by atoms with Crippen LogP contribution < -0.4 is 10.1 Å². The standard InChI is InChI=1S/C25H29N3O4/c1-28(17-8-10-26-11-9-17)12-13-31-19-4-6-20-16(14-19)2-7-23-24(20)25(27-32-23)21-5-3-18(29)15-22(21)30/h2,4,6-7,14,17,21,26H,3,5,8-13,15H2,1H3/t21-/m0/s1. The van der Waals surface area contributed by atoms with Crippen molar-refractivity contribution in [3.05, 3.63) is 36.0 Å². The van der Waals surface area contributed by atoms with Gasteiger partial charge in [0.2, 0.25) is 0 Å². The van der Waals surface area contributed by atoms with E-state index in [0.717, 1.165) is 41.5 Å². The Labute approximate surface area is 187 Å². The van der Waals surface area contributed by atoms with Crippen molar-refractivity contribution in [1.82, 2.24) is 15.4 Å². The Morgan fingerprint density at radius 2 is 2.00 bits per heavy atom. The maximum absolute atomic E-state index is 12.5. The van der Waals surface area contributed by atoms with E-state index in [1.165, 1.54) is 12.8 Å². The van der Waals surface area contributed by atoms with E-state index in [2.05, 4.69) is 22.4 Å². The van der Waals surface area contributed by atoms with Gasteiger partial charge in [-0.05, 0) is 74.4 Å². The van der Waals surface area contributed by atoms with Gasteiger partial charge in [0, 0.05) is 19.0 Å². The molecule has 0 bridgehead atoms. The lowest BCUT2D eigenvalue weighted by molar-refractivity contribution is -0.130. The molecule has 7 nitrogen and oxygen atoms in total. The summed E-state index contributed by atoms with van der Waals surface area (Å²) in [7, 11) is 2.17. The van der Waals surface area contributed by atoms with Gasteiger partial charge in [0.05, 0.1) is 17.7 Å². The van der Waals surface area contributed by atoms with E-state index >= 15 is 0 Å². The van der Waals surface area contributed by atoms with E-state index in [1.54, 1.807) is 0 Å². The minimum absolute atomic E-state index is 0.00636. The Hall–Kier alpha value is -2.77. The molecule has 1 aromatic heterocycles. The number of carbonyl (C=O) groups excluding carboxylic acids is 2. The predicted octanol–water partition coefficient (Wildman–Crippen LogP) is 3.45. The Bertz CT molecular complexity index is 1150. The second kappa shape index (κ2) is 9.00. The lowest BCUT2D eigenvalue weighted by Crippen LogP contribution is -2.42. The molecule has 3 aromatic rings. The fourth-order valence-electron chi connectivity index (χ4n) is 5.00. The molecule has 0 spiro atoms. The second-order valence-electron chi connectivity index (χ2n) is 8.97. The Morgan fingerprint density at radius 1 is 1.16 bits per heavy atom. The average Bonchev–Trinajstić information content (AvgIpc) is 3.24. The molecular formula is C25H29N3O4. The number of nitrogens with zero attached hydrogens (tertiary/aromatic N) is 2. The monoisotopic (exact) mass is 435 g/mol. The van der Waals surface area contributed by atoms with E-state index in [0.29, 0.717) is 36.8 Å². The summed E-state index contributed by atoms with van der Waals surface area (Å²) in [5.74, 6) is 0.400. The number of carbonyl (C=O) groups is 2. The summed E-state index contributed by atoms with van der Waals surface area (Å²) >= 11 is 0. The number of ketones is 2. The molecule has 168 valence electrons. The summed E-state index contributed by atoms with van der Waals surface area (Å²) in [6.07, 6.45) is 3.27. The summed E-state index contributed by atoms with van der Waals surface area (Å²) in [4.78, 5) is 26.5. The van der Waals surface area contributed by atoms with Gasteiger partial charge < -0.3 is 14.6 Å². The fourth-order valence-corrected chi connectivity index (χ4v) is 5.00. The highest BCUT2D eigenvalue weighted by atomic mass is 16.5. The SMILES string of the molecule is CN(CCOc1ccc2c(ccc3onc([C@H]4CCC(=O)CC4=O)c32)c1)C1CCNCC1. The quantitative estimate of drug-likeness (QED) is 0.594. The molecule has 0 unspecified atom stereocenters. The van der Waals surface area contributed by atoms with Crippen LogP contribution in [0.5, 0.6) is 5.75 Å². The van der Waals surface area contributed by atoms with Gasteiger partial charge in [0.1, 0.15) is 29.6 Å². The van der Waals surface area contributed by atoms with Crippen LogP contribution in [0.15, 0.2) is 34.9 Å². The lowest BCUT2D eigenvalue weighted by Gasteiger charge is -2.31. The van der Waals surface area contributed by atoms with E-state index in [-0.39, 0.29) is 23.9 Å². The molecule has 2 heterocycles. The average molecular weight is 436 g/mol. The number of likely N-dealkylation sites (N-methyl/N-ethyl adjacent to an activating group) is 1. The second-order valence-corrected chi connectivity index (χ2v) is 8.97. The van der Waals surface area contributed by atoms with E-state index in [9.17, 15) is 9.59 Å². The van der Waals surface area contributed by atoms with Crippen LogP contribution in [0, 0.1) is 0 Å². The first-order valence-corrected chi connectivity index (χ1v) is 11.5. The van der Waals surface area contributed by atoms with E-state index in [4.69, 9.17) is 9.26 Å². The van der Waals surface area contributed by atoms with Gasteiger partial charge in [0.25, 0.3) is 0 Å². The van der Waals surface area contributed by atoms with Gasteiger partial charge in [-0.3, -0.25) is 14.5 Å². The number of benzene rings is 2. The zero-order chi connectivity index (χ0) is 22.1. The smallest absolute Gasteiger partial charge is 0.167 e. The van der Waals surface area contributed by atoms with E-state index in [1.807, 2.05) is 30.3 Å². The van der Waals surface area contributed by atoms with Crippen molar-refractivity contribution < 1.29 is 18.8 Å². The number of hydrogen-bond donors (Lipinski definition) is 1. The number of aromatic nitrogens is 1. The molecule has 1 saturated carbocycles. The molecule has 5 rings (SSSR count). The number of hydrogen-bond acceptors (Lipinski definition) is 7. The van der Waals surface area contributed by atoms with Crippen molar-refractivity contribution in [1.29, 1.82) is 0 Å². The van der Waals surface area contributed by atoms with Crippen molar-refractivity contribution in [2.45, 2.75) is 44.1 Å². The predicted molar refractivity (Wildman–Crippen MR) is 122 cm³/mol. The summed E-state index contributed by atoms with van der Waals surface area (Å²) in [6, 6.07) is 10.5. The highest BCUT2D eigenvalue weighted by Crippen LogP contribution is 2.37. The number of fused-ring (bicyclic) bond motifs is 3. The summed E-state index contributed by atoms with van der Waals surface area (Å²) in [5.41, 5.74) is 1.31. The van der Waals surface area contributed by atoms with Crippen molar-refractivity contribution in [3.63, 3.8) is 0 Å². The van der Waals surface area contributed by atoms with Crippen LogP contribution in [-0.2, 0) is 9.59 Å². The van der Waals surface area contributed by atoms with Gasteiger partial charge in [0.15, 0.2) is 5.58 Å². The molecule has 32 heavy (non-hydrogen) atoms. The Kier molecular flexibility index (Phi) is 5.93. The summed E-state index contributed by atoms with van der Waals surface area (Å²) in [6.45, 7) is 3.70. The number of rotatable bonds is 6. The first-order valence-electron chi connectivity index (χ1n) is 11.5. The zero-order valence-corrected chi connectivity index (χ0v) is 18.4. The van der Waals surface area contributed by atoms with Gasteiger partial charge in [-0.25, -0.2) is 0 Å². The molecule has 1 atom stereocenters. The maximum Gasteiger partial charge on any atom is 0.167 e. The van der Waals surface area contributed by atoms with Crippen molar-refractivity contribution in [3.8, 4) is 5.75 Å².